The molecule has 0 aliphatic carbocycles. The second-order valence-electron chi connectivity index (χ2n) is 9.33. The van der Waals surface area contributed by atoms with Crippen molar-refractivity contribution in [3.8, 4) is 0 Å². The number of carboxylic acids is 2. The average molecular weight is 476 g/mol. The van der Waals surface area contributed by atoms with Crippen molar-refractivity contribution >= 4 is 23.6 Å². The van der Waals surface area contributed by atoms with Crippen molar-refractivity contribution in [2.24, 2.45) is 5.16 Å². The van der Waals surface area contributed by atoms with Gasteiger partial charge in [0.2, 0.25) is 5.91 Å². The van der Waals surface area contributed by atoms with Crippen LogP contribution < -0.4 is 16.0 Å². The molecule has 0 heterocycles. The summed E-state index contributed by atoms with van der Waals surface area (Å²) in [5.41, 5.74) is -0.896. The molecule has 0 aliphatic heterocycles. The van der Waals surface area contributed by atoms with Gasteiger partial charge in [0, 0.05) is 44.9 Å². The number of amides is 1. The number of carboxylic acid groups (broad SMARTS) is 2. The maximum absolute atomic E-state index is 12.4. The lowest BCUT2D eigenvalue weighted by molar-refractivity contribution is -0.143. The lowest BCUT2D eigenvalue weighted by Gasteiger charge is -2.39. The number of oxime groups is 1. The number of hydroxylamine groups is 2. The van der Waals surface area contributed by atoms with E-state index in [1.165, 1.54) is 7.05 Å². The molecule has 0 spiro atoms. The Labute approximate surface area is 195 Å². The Morgan fingerprint density at radius 2 is 1.52 bits per heavy atom. The first-order valence-corrected chi connectivity index (χ1v) is 11.0. The molecule has 1 amide bonds. The molecule has 0 aromatic rings. The number of rotatable bonds is 17. The third-order valence-electron chi connectivity index (χ3n) is 5.72. The summed E-state index contributed by atoms with van der Waals surface area (Å²) in [6.45, 7) is 9.57. The second-order valence-corrected chi connectivity index (χ2v) is 9.33. The Morgan fingerprint density at radius 3 is 2.00 bits per heavy atom. The second kappa shape index (κ2) is 14.1. The molecule has 0 bridgehead atoms. The summed E-state index contributed by atoms with van der Waals surface area (Å²) >= 11 is 0. The lowest BCUT2D eigenvalue weighted by Crippen LogP contribution is -2.60. The Balaban J connectivity index is 5.30. The van der Waals surface area contributed by atoms with Gasteiger partial charge < -0.3 is 36.6 Å². The Kier molecular flexibility index (Phi) is 13.1. The molecule has 192 valence electrons. The van der Waals surface area contributed by atoms with Crippen LogP contribution in [0.25, 0.3) is 0 Å². The quantitative estimate of drug-likeness (QED) is 0.0904. The Hall–Kier alpha value is -2.28. The van der Waals surface area contributed by atoms with E-state index in [0.29, 0.717) is 12.3 Å². The van der Waals surface area contributed by atoms with Crippen molar-refractivity contribution < 1.29 is 35.0 Å². The van der Waals surface area contributed by atoms with E-state index in [4.69, 9.17) is 15.4 Å². The maximum Gasteiger partial charge on any atom is 0.303 e. The van der Waals surface area contributed by atoms with Crippen LogP contribution in [-0.4, -0.2) is 92.5 Å². The predicted molar refractivity (Wildman–Crippen MR) is 123 cm³/mol. The van der Waals surface area contributed by atoms with Crippen molar-refractivity contribution in [3.05, 3.63) is 0 Å². The molecule has 0 saturated carbocycles. The molecule has 2 unspecified atom stereocenters. The molecule has 2 atom stereocenters. The summed E-state index contributed by atoms with van der Waals surface area (Å²) in [6, 6.07) is -0.926. The van der Waals surface area contributed by atoms with Gasteiger partial charge in [-0.3, -0.25) is 14.4 Å². The highest BCUT2D eigenvalue weighted by molar-refractivity contribution is 5.90. The van der Waals surface area contributed by atoms with E-state index in [1.807, 2.05) is 27.7 Å². The molecule has 33 heavy (non-hydrogen) atoms. The summed E-state index contributed by atoms with van der Waals surface area (Å²) in [6.07, 6.45) is 0.280. The monoisotopic (exact) mass is 475 g/mol. The summed E-state index contributed by atoms with van der Waals surface area (Å²) in [4.78, 5) is 34.0. The molecular formula is C21H41N5O7. The first-order valence-electron chi connectivity index (χ1n) is 11.0. The minimum absolute atomic E-state index is 0.0628. The zero-order chi connectivity index (χ0) is 25.8. The molecule has 12 heteroatoms. The number of carbonyl (C=O) groups excluding carboxylic acids is 1. The standard InChI is InChI=1S/C21H41N5O7/c1-14(25-32)20(2,3)22-12-15(24-17(27)8-7-9-18(28)29)13-23-21(4,5)16(26(6)33)10-11-19(30)31/h15-16,22-23,32-33H,7-13H2,1-6H3,(H,24,27)(H,28,29)(H,30,31)/b25-14+. The third-order valence-corrected chi connectivity index (χ3v) is 5.72. The minimum Gasteiger partial charge on any atom is -0.481 e. The van der Waals surface area contributed by atoms with Crippen molar-refractivity contribution in [1.29, 1.82) is 0 Å². The summed E-state index contributed by atoms with van der Waals surface area (Å²) in [5, 5.41) is 50.5. The number of likely N-dealkylation sites (N-methyl/N-ethyl adjacent to an activating group) is 1. The first-order chi connectivity index (χ1) is 15.1. The molecule has 0 rings (SSSR count). The van der Waals surface area contributed by atoms with Crippen LogP contribution in [0.2, 0.25) is 0 Å². The Bertz CT molecular complexity index is 680. The predicted octanol–water partition coefficient (Wildman–Crippen LogP) is 0.867. The van der Waals surface area contributed by atoms with Crippen molar-refractivity contribution in [2.45, 2.75) is 89.9 Å². The van der Waals surface area contributed by atoms with Crippen LogP contribution in [0.5, 0.6) is 0 Å². The zero-order valence-electron chi connectivity index (χ0n) is 20.5. The molecule has 0 aromatic carbocycles. The molecule has 0 aromatic heterocycles. The number of nitrogens with zero attached hydrogens (tertiary/aromatic N) is 2. The van der Waals surface area contributed by atoms with Crippen LogP contribution in [0.4, 0.5) is 0 Å². The minimum atomic E-state index is -0.967. The van der Waals surface area contributed by atoms with Gasteiger partial charge in [0.05, 0.1) is 23.3 Å². The normalized spacial score (nSPS) is 14.7. The van der Waals surface area contributed by atoms with Crippen LogP contribution in [0.15, 0.2) is 5.16 Å². The summed E-state index contributed by atoms with van der Waals surface area (Å²) in [7, 11) is 1.46. The SMILES string of the molecule is C/C(=N\O)C(C)(C)NCC(CNC(C)(C)C(CCC(=O)O)N(C)O)NC(=O)CCCC(=O)O. The molecule has 0 saturated heterocycles. The van der Waals surface area contributed by atoms with Gasteiger partial charge in [0.1, 0.15) is 0 Å². The fourth-order valence-corrected chi connectivity index (χ4v) is 3.28. The number of aliphatic carboxylic acids is 2. The van der Waals surface area contributed by atoms with Gasteiger partial charge in [-0.2, -0.15) is 5.06 Å². The van der Waals surface area contributed by atoms with Crippen LogP contribution >= 0.6 is 0 Å². The van der Waals surface area contributed by atoms with Crippen molar-refractivity contribution in [2.75, 3.05) is 20.1 Å². The number of nitrogens with one attached hydrogen (secondary N) is 3. The largest absolute Gasteiger partial charge is 0.481 e. The molecule has 0 radical (unpaired) electrons. The van der Waals surface area contributed by atoms with E-state index in [1.54, 1.807) is 6.92 Å². The summed E-state index contributed by atoms with van der Waals surface area (Å²) < 4.78 is 0. The van der Waals surface area contributed by atoms with Gasteiger partial charge >= 0.3 is 11.9 Å². The summed E-state index contributed by atoms with van der Waals surface area (Å²) in [5.74, 6) is -2.23. The van der Waals surface area contributed by atoms with E-state index < -0.39 is 35.1 Å². The van der Waals surface area contributed by atoms with Gasteiger partial charge in [-0.15, -0.1) is 0 Å². The number of hydrogen-bond acceptors (Lipinski definition) is 9. The maximum atomic E-state index is 12.4. The van der Waals surface area contributed by atoms with Gasteiger partial charge in [0.15, 0.2) is 0 Å². The fourth-order valence-electron chi connectivity index (χ4n) is 3.28. The number of hydrogen-bond donors (Lipinski definition) is 7. The third kappa shape index (κ3) is 12.5. The van der Waals surface area contributed by atoms with E-state index in [-0.39, 0.29) is 44.6 Å². The van der Waals surface area contributed by atoms with Crippen LogP contribution in [0.3, 0.4) is 0 Å². The molecule has 0 fully saturated rings. The van der Waals surface area contributed by atoms with Gasteiger partial charge in [-0.1, -0.05) is 5.16 Å². The highest BCUT2D eigenvalue weighted by Gasteiger charge is 2.33. The fraction of sp³-hybridized carbons (Fsp3) is 0.810. The highest BCUT2D eigenvalue weighted by atomic mass is 16.5. The highest BCUT2D eigenvalue weighted by Crippen LogP contribution is 2.19. The average Bonchev–Trinajstić information content (AvgIpc) is 2.68. The topological polar surface area (TPSA) is 184 Å². The smallest absolute Gasteiger partial charge is 0.303 e. The van der Waals surface area contributed by atoms with E-state index in [0.717, 1.165) is 5.06 Å². The van der Waals surface area contributed by atoms with E-state index >= 15 is 0 Å². The van der Waals surface area contributed by atoms with Crippen LogP contribution in [0, 0.1) is 0 Å². The first kappa shape index (κ1) is 30.7. The van der Waals surface area contributed by atoms with Crippen molar-refractivity contribution in [1.82, 2.24) is 21.0 Å². The van der Waals surface area contributed by atoms with E-state index in [9.17, 15) is 19.6 Å². The van der Waals surface area contributed by atoms with Crippen LogP contribution in [0.1, 0.15) is 66.7 Å². The van der Waals surface area contributed by atoms with Gasteiger partial charge in [0.25, 0.3) is 0 Å². The molecule has 12 nitrogen and oxygen atoms in total. The molecule has 7 N–H and O–H groups in total. The Morgan fingerprint density at radius 1 is 0.970 bits per heavy atom. The van der Waals surface area contributed by atoms with Gasteiger partial charge in [-0.25, -0.2) is 0 Å². The van der Waals surface area contributed by atoms with E-state index in [2.05, 4.69) is 21.1 Å². The van der Waals surface area contributed by atoms with Crippen molar-refractivity contribution in [3.63, 3.8) is 0 Å². The lowest BCUT2D eigenvalue weighted by atomic mass is 9.90. The molecule has 0 aliphatic rings. The molecular weight excluding hydrogens is 434 g/mol. The number of carbonyl (C=O) groups is 3. The van der Waals surface area contributed by atoms with Crippen LogP contribution in [-0.2, 0) is 14.4 Å². The zero-order valence-corrected chi connectivity index (χ0v) is 20.5. The van der Waals surface area contributed by atoms with Gasteiger partial charge in [-0.05, 0) is 47.5 Å².